The molecule has 11 rings (SSSR count). The maximum atomic E-state index is 2.37. The molecule has 11 aromatic rings. The number of nitrogens with zero attached hydrogens (tertiary/aromatic N) is 3. The minimum atomic E-state index is 1.09. The van der Waals surface area contributed by atoms with Gasteiger partial charge in [0.1, 0.15) is 0 Å². The maximum Gasteiger partial charge on any atom is 0.0541 e. The molecule has 2 heterocycles. The fourth-order valence-corrected chi connectivity index (χ4v) is 8.64. The first-order chi connectivity index (χ1) is 28.3. The van der Waals surface area contributed by atoms with Crippen molar-refractivity contribution >= 4 is 60.7 Å². The summed E-state index contributed by atoms with van der Waals surface area (Å²) >= 11 is 0. The molecule has 3 nitrogen and oxygen atoms in total. The summed E-state index contributed by atoms with van der Waals surface area (Å²) in [6, 6.07) is 81.0. The lowest BCUT2D eigenvalue weighted by Gasteiger charge is -2.26. The largest absolute Gasteiger partial charge is 0.311 e. The fourth-order valence-electron chi connectivity index (χ4n) is 8.64. The summed E-state index contributed by atoms with van der Waals surface area (Å²) in [4.78, 5) is 2.35. The van der Waals surface area contributed by atoms with Crippen LogP contribution in [0.1, 0.15) is 0 Å². The van der Waals surface area contributed by atoms with E-state index < -0.39 is 0 Å². The van der Waals surface area contributed by atoms with Gasteiger partial charge in [0.2, 0.25) is 0 Å². The number of hydrogen-bond acceptors (Lipinski definition) is 1. The van der Waals surface area contributed by atoms with E-state index in [1.54, 1.807) is 0 Å². The SMILES string of the molecule is c1ccc(-c2ccc(N(c3ccc(-c4ccc5c(c4)c4ccccc4n5-c4ccccc4)cc3)c3ccc(-n4c5ccccc5c5ccccc54)cc3)cc2)cc1. The quantitative estimate of drug-likeness (QED) is 0.159. The Morgan fingerprint density at radius 2 is 0.596 bits per heavy atom. The second-order valence-corrected chi connectivity index (χ2v) is 14.6. The average molecular weight is 728 g/mol. The van der Waals surface area contributed by atoms with Crippen molar-refractivity contribution in [2.45, 2.75) is 0 Å². The lowest BCUT2D eigenvalue weighted by atomic mass is 10.0. The molecule has 0 N–H and O–H groups in total. The van der Waals surface area contributed by atoms with Gasteiger partial charge in [-0.3, -0.25) is 0 Å². The lowest BCUT2D eigenvalue weighted by molar-refractivity contribution is 1.17. The number of aromatic nitrogens is 2. The van der Waals surface area contributed by atoms with Crippen LogP contribution in [0, 0.1) is 0 Å². The molecule has 0 bridgehead atoms. The topological polar surface area (TPSA) is 13.1 Å². The summed E-state index contributed by atoms with van der Waals surface area (Å²) in [7, 11) is 0. The van der Waals surface area contributed by atoms with Crippen molar-refractivity contribution in [3.8, 4) is 33.6 Å². The zero-order valence-electron chi connectivity index (χ0n) is 31.2. The molecule has 0 fully saturated rings. The fraction of sp³-hybridized carbons (Fsp3) is 0. The zero-order chi connectivity index (χ0) is 37.7. The molecule has 0 saturated carbocycles. The highest BCUT2D eigenvalue weighted by Gasteiger charge is 2.17. The van der Waals surface area contributed by atoms with Gasteiger partial charge in [0.25, 0.3) is 0 Å². The van der Waals surface area contributed by atoms with Crippen molar-refractivity contribution in [1.82, 2.24) is 9.13 Å². The van der Waals surface area contributed by atoms with Crippen LogP contribution in [0.4, 0.5) is 17.1 Å². The van der Waals surface area contributed by atoms with Crippen molar-refractivity contribution in [1.29, 1.82) is 0 Å². The molecular weight excluding hydrogens is 691 g/mol. The van der Waals surface area contributed by atoms with Crippen LogP contribution in [-0.2, 0) is 0 Å². The number of fused-ring (bicyclic) bond motifs is 6. The van der Waals surface area contributed by atoms with Gasteiger partial charge in [-0.2, -0.15) is 0 Å². The first-order valence-electron chi connectivity index (χ1n) is 19.5. The summed E-state index contributed by atoms with van der Waals surface area (Å²) in [6.07, 6.45) is 0. The zero-order valence-corrected chi connectivity index (χ0v) is 31.2. The summed E-state index contributed by atoms with van der Waals surface area (Å²) in [5.74, 6) is 0. The van der Waals surface area contributed by atoms with Crippen LogP contribution in [0.25, 0.3) is 77.2 Å². The van der Waals surface area contributed by atoms with E-state index in [-0.39, 0.29) is 0 Å². The second kappa shape index (κ2) is 13.6. The molecule has 0 radical (unpaired) electrons. The molecular formula is C54H37N3. The minimum Gasteiger partial charge on any atom is -0.311 e. The first kappa shape index (κ1) is 32.8. The molecule has 0 unspecified atom stereocenters. The van der Waals surface area contributed by atoms with Gasteiger partial charge < -0.3 is 14.0 Å². The minimum absolute atomic E-state index is 1.09. The molecule has 0 saturated heterocycles. The predicted molar refractivity (Wildman–Crippen MR) is 241 cm³/mol. The monoisotopic (exact) mass is 727 g/mol. The van der Waals surface area contributed by atoms with E-state index in [0.29, 0.717) is 0 Å². The Balaban J connectivity index is 0.995. The normalized spacial score (nSPS) is 11.5. The van der Waals surface area contributed by atoms with Gasteiger partial charge in [0.15, 0.2) is 0 Å². The second-order valence-electron chi connectivity index (χ2n) is 14.6. The van der Waals surface area contributed by atoms with Gasteiger partial charge in [-0.25, -0.2) is 0 Å². The van der Waals surface area contributed by atoms with E-state index in [9.17, 15) is 0 Å². The van der Waals surface area contributed by atoms with Crippen LogP contribution < -0.4 is 4.90 Å². The summed E-state index contributed by atoms with van der Waals surface area (Å²) in [6.45, 7) is 0. The lowest BCUT2D eigenvalue weighted by Crippen LogP contribution is -2.10. The summed E-state index contributed by atoms with van der Waals surface area (Å²) in [5.41, 5.74) is 15.2. The van der Waals surface area contributed by atoms with Gasteiger partial charge in [-0.15, -0.1) is 0 Å². The highest BCUT2D eigenvalue weighted by atomic mass is 15.1. The third-order valence-corrected chi connectivity index (χ3v) is 11.3. The van der Waals surface area contributed by atoms with Crippen LogP contribution in [0.5, 0.6) is 0 Å². The third-order valence-electron chi connectivity index (χ3n) is 11.3. The summed E-state index contributed by atoms with van der Waals surface area (Å²) in [5, 5.41) is 5.03. The van der Waals surface area contributed by atoms with Gasteiger partial charge >= 0.3 is 0 Å². The first-order valence-corrected chi connectivity index (χ1v) is 19.5. The van der Waals surface area contributed by atoms with Gasteiger partial charge in [-0.1, -0.05) is 133 Å². The van der Waals surface area contributed by atoms with Crippen LogP contribution in [0.3, 0.4) is 0 Å². The third kappa shape index (κ3) is 5.60. The molecule has 0 spiro atoms. The van der Waals surface area contributed by atoms with Gasteiger partial charge in [0.05, 0.1) is 22.1 Å². The number of benzene rings is 9. The van der Waals surface area contributed by atoms with Crippen molar-refractivity contribution in [3.05, 3.63) is 224 Å². The molecule has 57 heavy (non-hydrogen) atoms. The standard InChI is InChI=1S/C54H37N3/c1-3-13-38(14-4-1)39-23-28-43(29-24-39)55(45-32-34-46(35-33-45)57-51-20-10-7-17-47(51)48-18-8-11-21-52(48)57)44-30-25-40(26-31-44)41-27-36-54-50(37-41)49-19-9-12-22-53(49)56(54)42-15-5-2-6-16-42/h1-37H. The molecule has 0 amide bonds. The van der Waals surface area contributed by atoms with Crippen molar-refractivity contribution in [2.75, 3.05) is 4.90 Å². The van der Waals surface area contributed by atoms with Crippen molar-refractivity contribution in [2.24, 2.45) is 0 Å². The number of hydrogen-bond donors (Lipinski definition) is 0. The molecule has 3 heteroatoms. The Labute approximate surface area is 331 Å². The number of anilines is 3. The Bertz CT molecular complexity index is 3140. The molecule has 0 aliphatic heterocycles. The molecule has 9 aromatic carbocycles. The van der Waals surface area contributed by atoms with E-state index in [0.717, 1.165) is 22.7 Å². The molecule has 0 atom stereocenters. The van der Waals surface area contributed by atoms with Crippen LogP contribution in [0.15, 0.2) is 224 Å². The highest BCUT2D eigenvalue weighted by molar-refractivity contribution is 6.11. The van der Waals surface area contributed by atoms with Crippen molar-refractivity contribution < 1.29 is 0 Å². The Kier molecular flexibility index (Phi) is 7.82. The smallest absolute Gasteiger partial charge is 0.0541 e. The number of rotatable bonds is 7. The average Bonchev–Trinajstić information content (AvgIpc) is 3.81. The van der Waals surface area contributed by atoms with Crippen molar-refractivity contribution in [3.63, 3.8) is 0 Å². The predicted octanol–water partition coefficient (Wildman–Crippen LogP) is 14.7. The summed E-state index contributed by atoms with van der Waals surface area (Å²) < 4.78 is 4.74. The van der Waals surface area contributed by atoms with Crippen LogP contribution >= 0.6 is 0 Å². The Morgan fingerprint density at radius 3 is 1.12 bits per heavy atom. The van der Waals surface area contributed by atoms with Gasteiger partial charge in [0, 0.05) is 50.0 Å². The number of para-hydroxylation sites is 4. The highest BCUT2D eigenvalue weighted by Crippen LogP contribution is 2.40. The molecule has 0 aliphatic rings. The van der Waals surface area contributed by atoms with E-state index in [1.165, 1.54) is 71.6 Å². The molecule has 268 valence electrons. The van der Waals surface area contributed by atoms with Crippen LogP contribution in [0.2, 0.25) is 0 Å². The van der Waals surface area contributed by atoms with E-state index in [1.807, 2.05) is 0 Å². The van der Waals surface area contributed by atoms with Gasteiger partial charge in [-0.05, 0) is 113 Å². The van der Waals surface area contributed by atoms with E-state index in [2.05, 4.69) is 238 Å². The maximum absolute atomic E-state index is 2.37. The molecule has 2 aromatic heterocycles. The van der Waals surface area contributed by atoms with Crippen LogP contribution in [-0.4, -0.2) is 9.13 Å². The van der Waals surface area contributed by atoms with E-state index >= 15 is 0 Å². The Hall–Kier alpha value is -7.62. The van der Waals surface area contributed by atoms with E-state index in [4.69, 9.17) is 0 Å². The molecule has 0 aliphatic carbocycles. The Morgan fingerprint density at radius 1 is 0.246 bits per heavy atom.